The highest BCUT2D eigenvalue weighted by molar-refractivity contribution is 7.89. The smallest absolute Gasteiger partial charge is 0.260 e. The standard InChI is InChI=1S/C11H20N4O2S/c12-6-3-7-15(10-4-1-2-5-10)18(16,17)11-8-13-9-14-11/h8-10H,1-7,12H2,(H,13,14). The predicted octanol–water partition coefficient (Wildman–Crippen LogP) is 0.692. The number of hydrogen-bond acceptors (Lipinski definition) is 4. The van der Waals surface area contributed by atoms with Gasteiger partial charge in [-0.2, -0.15) is 4.31 Å². The van der Waals surface area contributed by atoms with E-state index in [9.17, 15) is 8.42 Å². The Labute approximate surface area is 108 Å². The molecular formula is C11H20N4O2S. The van der Waals surface area contributed by atoms with Gasteiger partial charge in [0.25, 0.3) is 10.0 Å². The van der Waals surface area contributed by atoms with E-state index in [4.69, 9.17) is 5.73 Å². The average molecular weight is 272 g/mol. The topological polar surface area (TPSA) is 92.1 Å². The van der Waals surface area contributed by atoms with Crippen LogP contribution < -0.4 is 5.73 Å². The van der Waals surface area contributed by atoms with Crippen molar-refractivity contribution in [2.24, 2.45) is 5.73 Å². The second kappa shape index (κ2) is 5.81. The first kappa shape index (κ1) is 13.5. The van der Waals surface area contributed by atoms with Crippen LogP contribution in [0.4, 0.5) is 0 Å². The van der Waals surface area contributed by atoms with Crippen LogP contribution in [0.5, 0.6) is 0 Å². The lowest BCUT2D eigenvalue weighted by Crippen LogP contribution is -2.40. The van der Waals surface area contributed by atoms with Gasteiger partial charge in [0.2, 0.25) is 0 Å². The molecule has 0 radical (unpaired) electrons. The molecule has 0 unspecified atom stereocenters. The lowest BCUT2D eigenvalue weighted by atomic mass is 10.2. The molecule has 0 atom stereocenters. The van der Waals surface area contributed by atoms with Crippen molar-refractivity contribution in [1.29, 1.82) is 0 Å². The van der Waals surface area contributed by atoms with Crippen molar-refractivity contribution in [2.45, 2.75) is 43.2 Å². The van der Waals surface area contributed by atoms with Gasteiger partial charge >= 0.3 is 0 Å². The monoisotopic (exact) mass is 272 g/mol. The molecule has 0 bridgehead atoms. The Morgan fingerprint density at radius 1 is 1.44 bits per heavy atom. The molecule has 1 aliphatic carbocycles. The van der Waals surface area contributed by atoms with Gasteiger partial charge in [0.05, 0.1) is 12.5 Å². The maximum Gasteiger partial charge on any atom is 0.260 e. The fourth-order valence-electron chi connectivity index (χ4n) is 2.45. The molecule has 1 heterocycles. The van der Waals surface area contributed by atoms with E-state index in [2.05, 4.69) is 9.97 Å². The highest BCUT2D eigenvalue weighted by Crippen LogP contribution is 2.28. The van der Waals surface area contributed by atoms with E-state index in [-0.39, 0.29) is 11.1 Å². The number of nitrogens with two attached hydrogens (primary N) is 1. The fraction of sp³-hybridized carbons (Fsp3) is 0.727. The van der Waals surface area contributed by atoms with Gasteiger partial charge in [-0.1, -0.05) is 12.8 Å². The number of sulfonamides is 1. The predicted molar refractivity (Wildman–Crippen MR) is 68.4 cm³/mol. The first-order valence-electron chi connectivity index (χ1n) is 6.36. The molecule has 6 nitrogen and oxygen atoms in total. The molecule has 0 aromatic carbocycles. The van der Waals surface area contributed by atoms with Crippen LogP contribution in [0, 0.1) is 0 Å². The van der Waals surface area contributed by atoms with Gasteiger partial charge in [-0.15, -0.1) is 0 Å². The van der Waals surface area contributed by atoms with E-state index in [0.717, 1.165) is 25.7 Å². The zero-order chi connectivity index (χ0) is 13.0. The molecule has 18 heavy (non-hydrogen) atoms. The summed E-state index contributed by atoms with van der Waals surface area (Å²) in [6.07, 6.45) is 7.52. The molecule has 0 saturated heterocycles. The molecule has 1 aromatic rings. The summed E-state index contributed by atoms with van der Waals surface area (Å²) in [4.78, 5) is 6.48. The van der Waals surface area contributed by atoms with Gasteiger partial charge in [0.15, 0.2) is 5.03 Å². The van der Waals surface area contributed by atoms with Gasteiger partial charge in [-0.3, -0.25) is 0 Å². The van der Waals surface area contributed by atoms with Crippen LogP contribution in [0.25, 0.3) is 0 Å². The van der Waals surface area contributed by atoms with Crippen molar-refractivity contribution >= 4 is 10.0 Å². The van der Waals surface area contributed by atoms with Crippen molar-refractivity contribution in [3.8, 4) is 0 Å². The van der Waals surface area contributed by atoms with Crippen LogP contribution in [-0.2, 0) is 10.0 Å². The summed E-state index contributed by atoms with van der Waals surface area (Å²) >= 11 is 0. The molecule has 1 aliphatic rings. The third-order valence-corrected chi connectivity index (χ3v) is 5.25. The Bertz CT molecular complexity index is 451. The fourth-order valence-corrected chi connectivity index (χ4v) is 4.07. The summed E-state index contributed by atoms with van der Waals surface area (Å²) in [7, 11) is -3.45. The molecular weight excluding hydrogens is 252 g/mol. The number of aromatic amines is 1. The van der Waals surface area contributed by atoms with Crippen molar-refractivity contribution in [1.82, 2.24) is 14.3 Å². The quantitative estimate of drug-likeness (QED) is 0.797. The minimum atomic E-state index is -3.45. The van der Waals surface area contributed by atoms with Crippen molar-refractivity contribution < 1.29 is 8.42 Å². The van der Waals surface area contributed by atoms with Crippen molar-refractivity contribution in [3.05, 3.63) is 12.5 Å². The molecule has 7 heteroatoms. The van der Waals surface area contributed by atoms with Crippen LogP contribution in [-0.4, -0.2) is 41.8 Å². The molecule has 102 valence electrons. The Hall–Kier alpha value is -0.920. The van der Waals surface area contributed by atoms with E-state index in [1.54, 1.807) is 4.31 Å². The van der Waals surface area contributed by atoms with Gasteiger partial charge in [-0.25, -0.2) is 13.4 Å². The normalized spacial score (nSPS) is 17.7. The number of nitrogens with one attached hydrogen (secondary N) is 1. The summed E-state index contributed by atoms with van der Waals surface area (Å²) in [5.74, 6) is 0. The SMILES string of the molecule is NCCCN(C1CCCC1)S(=O)(=O)c1cnc[nH]1. The maximum atomic E-state index is 12.5. The largest absolute Gasteiger partial charge is 0.335 e. The van der Waals surface area contributed by atoms with Crippen LogP contribution in [0.2, 0.25) is 0 Å². The number of hydrogen-bond donors (Lipinski definition) is 2. The highest BCUT2D eigenvalue weighted by Gasteiger charge is 2.33. The Kier molecular flexibility index (Phi) is 4.36. The third kappa shape index (κ3) is 2.73. The lowest BCUT2D eigenvalue weighted by Gasteiger charge is -2.27. The number of aromatic nitrogens is 2. The molecule has 2 rings (SSSR count). The van der Waals surface area contributed by atoms with Crippen molar-refractivity contribution in [3.63, 3.8) is 0 Å². The van der Waals surface area contributed by atoms with Crippen LogP contribution in [0.1, 0.15) is 32.1 Å². The molecule has 0 amide bonds. The maximum absolute atomic E-state index is 12.5. The zero-order valence-corrected chi connectivity index (χ0v) is 11.2. The second-order valence-corrected chi connectivity index (χ2v) is 6.47. The average Bonchev–Trinajstić information content (AvgIpc) is 3.02. The Balaban J connectivity index is 2.22. The molecule has 1 saturated carbocycles. The van der Waals surface area contributed by atoms with Gasteiger partial charge in [-0.05, 0) is 25.8 Å². The van der Waals surface area contributed by atoms with Crippen LogP contribution in [0.3, 0.4) is 0 Å². The number of imidazole rings is 1. The summed E-state index contributed by atoms with van der Waals surface area (Å²) in [5.41, 5.74) is 5.50. The van der Waals surface area contributed by atoms with Gasteiger partial charge in [0.1, 0.15) is 0 Å². The minimum Gasteiger partial charge on any atom is -0.335 e. The number of H-pyrrole nitrogens is 1. The minimum absolute atomic E-state index is 0.116. The van der Waals surface area contributed by atoms with Gasteiger partial charge < -0.3 is 10.7 Å². The third-order valence-electron chi connectivity index (χ3n) is 3.37. The first-order chi connectivity index (χ1) is 8.66. The van der Waals surface area contributed by atoms with Gasteiger partial charge in [0, 0.05) is 12.6 Å². The molecule has 0 spiro atoms. The zero-order valence-electron chi connectivity index (χ0n) is 10.4. The highest BCUT2D eigenvalue weighted by atomic mass is 32.2. The second-order valence-electron chi connectivity index (χ2n) is 4.61. The lowest BCUT2D eigenvalue weighted by molar-refractivity contribution is 0.319. The molecule has 1 fully saturated rings. The van der Waals surface area contributed by atoms with E-state index in [1.807, 2.05) is 0 Å². The van der Waals surface area contributed by atoms with Crippen LogP contribution >= 0.6 is 0 Å². The van der Waals surface area contributed by atoms with Crippen molar-refractivity contribution in [2.75, 3.05) is 13.1 Å². The van der Waals surface area contributed by atoms with E-state index < -0.39 is 10.0 Å². The number of nitrogens with zero attached hydrogens (tertiary/aromatic N) is 2. The molecule has 0 aliphatic heterocycles. The first-order valence-corrected chi connectivity index (χ1v) is 7.80. The Morgan fingerprint density at radius 3 is 2.72 bits per heavy atom. The summed E-state index contributed by atoms with van der Waals surface area (Å²) in [6, 6.07) is 0.116. The van der Waals surface area contributed by atoms with Crippen LogP contribution in [0.15, 0.2) is 17.6 Å². The Morgan fingerprint density at radius 2 is 2.17 bits per heavy atom. The summed E-state index contributed by atoms with van der Waals surface area (Å²) in [5, 5.41) is 0.173. The summed E-state index contributed by atoms with van der Waals surface area (Å²) in [6.45, 7) is 0.990. The number of rotatable bonds is 6. The van der Waals surface area contributed by atoms with E-state index in [0.29, 0.717) is 19.5 Å². The summed E-state index contributed by atoms with van der Waals surface area (Å²) < 4.78 is 26.6. The van der Waals surface area contributed by atoms with E-state index in [1.165, 1.54) is 12.5 Å². The molecule has 1 aromatic heterocycles. The molecule has 3 N–H and O–H groups in total. The van der Waals surface area contributed by atoms with E-state index >= 15 is 0 Å².